The lowest BCUT2D eigenvalue weighted by molar-refractivity contribution is -0.134. The van der Waals surface area contributed by atoms with E-state index in [0.29, 0.717) is 44.8 Å². The van der Waals surface area contributed by atoms with Gasteiger partial charge in [0.05, 0.1) is 18.6 Å². The van der Waals surface area contributed by atoms with Gasteiger partial charge in [-0.25, -0.2) is 9.59 Å². The molecule has 13 nitrogen and oxygen atoms in total. The summed E-state index contributed by atoms with van der Waals surface area (Å²) in [5.74, 6) is -0.458. The molecule has 0 radical (unpaired) electrons. The van der Waals surface area contributed by atoms with Crippen LogP contribution < -0.4 is 26.6 Å². The highest BCUT2D eigenvalue weighted by atomic mass is 16.6. The zero-order valence-electron chi connectivity index (χ0n) is 38.7. The lowest BCUT2D eigenvalue weighted by Crippen LogP contribution is -2.56. The van der Waals surface area contributed by atoms with Crippen molar-refractivity contribution in [1.82, 2.24) is 26.6 Å². The van der Waals surface area contributed by atoms with Crippen LogP contribution in [0.1, 0.15) is 170 Å². The van der Waals surface area contributed by atoms with Crippen molar-refractivity contribution in [3.63, 3.8) is 0 Å². The van der Waals surface area contributed by atoms with E-state index >= 15 is 0 Å². The molecule has 1 aromatic carbocycles. The van der Waals surface area contributed by atoms with Crippen LogP contribution in [-0.2, 0) is 41.4 Å². The third-order valence-corrected chi connectivity index (χ3v) is 10.1. The number of carbonyl (C=O) groups excluding carboxylic acids is 5. The number of alkyl carbamates (subject to hydrolysis) is 2. The van der Waals surface area contributed by atoms with Crippen molar-refractivity contribution in [3.05, 3.63) is 35.4 Å². The van der Waals surface area contributed by atoms with Gasteiger partial charge in [-0.3, -0.25) is 14.4 Å². The Kier molecular flexibility index (Phi) is 23.7. The minimum Gasteiger partial charge on any atom is -0.444 e. The van der Waals surface area contributed by atoms with Crippen molar-refractivity contribution in [1.29, 1.82) is 0 Å². The average molecular weight is 844 g/mol. The van der Waals surface area contributed by atoms with E-state index < -0.39 is 40.9 Å². The topological polar surface area (TPSA) is 173 Å². The Balaban J connectivity index is 1.90. The minimum atomic E-state index is -1.01. The van der Waals surface area contributed by atoms with Crippen LogP contribution in [0.3, 0.4) is 0 Å². The minimum absolute atomic E-state index is 0.0567. The molecular formula is C47H81N5O8. The molecule has 5 amide bonds. The summed E-state index contributed by atoms with van der Waals surface area (Å²) in [6, 6.07) is 6.19. The smallest absolute Gasteiger partial charge is 0.407 e. The largest absolute Gasteiger partial charge is 0.444 e. The monoisotopic (exact) mass is 844 g/mol. The third-order valence-electron chi connectivity index (χ3n) is 10.1. The number of ether oxygens (including phenoxy) is 3. The van der Waals surface area contributed by atoms with Gasteiger partial charge in [-0.1, -0.05) is 82.1 Å². The van der Waals surface area contributed by atoms with Crippen molar-refractivity contribution in [2.75, 3.05) is 26.2 Å². The van der Waals surface area contributed by atoms with Crippen LogP contribution in [0, 0.1) is 5.92 Å². The molecule has 0 unspecified atom stereocenters. The molecule has 0 spiro atoms. The SMILES string of the molecule is CC(C)(C)OC[C@H](NC(=O)Cc1ccc(CCCCCCCCNC(=O)OC(C)(C)C)cc1)C(=O)N[C@@H](CCCCNC(=O)OC(C)(C)C)C(=O)NCCC1CCCCC1. The van der Waals surface area contributed by atoms with Crippen LogP contribution in [0.4, 0.5) is 9.59 Å². The normalized spacial score (nSPS) is 14.7. The number of benzene rings is 1. The number of hydrogen-bond acceptors (Lipinski definition) is 8. The lowest BCUT2D eigenvalue weighted by Gasteiger charge is -2.27. The van der Waals surface area contributed by atoms with Crippen molar-refractivity contribution in [2.45, 2.75) is 200 Å². The van der Waals surface area contributed by atoms with Crippen molar-refractivity contribution in [2.24, 2.45) is 5.92 Å². The van der Waals surface area contributed by atoms with Crippen molar-refractivity contribution < 1.29 is 38.2 Å². The van der Waals surface area contributed by atoms with Crippen LogP contribution in [0.5, 0.6) is 0 Å². The summed E-state index contributed by atoms with van der Waals surface area (Å²) in [6.07, 6.45) is 15.1. The Hall–Kier alpha value is -3.87. The zero-order chi connectivity index (χ0) is 44.6. The molecule has 5 N–H and O–H groups in total. The first kappa shape index (κ1) is 52.3. The van der Waals surface area contributed by atoms with Gasteiger partial charge in [0.25, 0.3) is 0 Å². The average Bonchev–Trinajstić information content (AvgIpc) is 3.14. The molecule has 0 bridgehead atoms. The molecule has 1 aliphatic rings. The molecule has 13 heteroatoms. The summed E-state index contributed by atoms with van der Waals surface area (Å²) in [5, 5.41) is 14.4. The van der Waals surface area contributed by atoms with E-state index in [2.05, 4.69) is 38.7 Å². The highest BCUT2D eigenvalue weighted by Crippen LogP contribution is 2.25. The number of amides is 5. The predicted octanol–water partition coefficient (Wildman–Crippen LogP) is 8.20. The van der Waals surface area contributed by atoms with Crippen LogP contribution in [-0.4, -0.2) is 85.0 Å². The van der Waals surface area contributed by atoms with Gasteiger partial charge in [0.2, 0.25) is 17.7 Å². The molecule has 1 aromatic rings. The van der Waals surface area contributed by atoms with Gasteiger partial charge < -0.3 is 40.8 Å². The molecule has 1 aliphatic carbocycles. The van der Waals surface area contributed by atoms with E-state index in [0.717, 1.165) is 56.9 Å². The maximum atomic E-state index is 13.8. The lowest BCUT2D eigenvalue weighted by atomic mass is 9.87. The van der Waals surface area contributed by atoms with Gasteiger partial charge in [0.1, 0.15) is 23.3 Å². The fourth-order valence-corrected chi connectivity index (χ4v) is 6.95. The molecule has 1 fully saturated rings. The van der Waals surface area contributed by atoms with E-state index in [4.69, 9.17) is 14.2 Å². The number of rotatable bonds is 25. The number of nitrogens with one attached hydrogen (secondary N) is 5. The summed E-state index contributed by atoms with van der Waals surface area (Å²) >= 11 is 0. The second-order valence-electron chi connectivity index (χ2n) is 19.4. The molecule has 342 valence electrons. The molecule has 0 aliphatic heterocycles. The van der Waals surface area contributed by atoms with Gasteiger partial charge in [-0.05, 0) is 124 Å². The first-order valence-corrected chi connectivity index (χ1v) is 22.7. The van der Waals surface area contributed by atoms with E-state index in [-0.39, 0.29) is 30.9 Å². The molecule has 2 rings (SSSR count). The Morgan fingerprint density at radius 3 is 1.68 bits per heavy atom. The van der Waals surface area contributed by atoms with Gasteiger partial charge in [-0.15, -0.1) is 0 Å². The second kappa shape index (κ2) is 27.2. The van der Waals surface area contributed by atoms with Crippen LogP contribution in [0.2, 0.25) is 0 Å². The molecule has 1 saturated carbocycles. The number of hydrogen-bond donors (Lipinski definition) is 5. The Bertz CT molecular complexity index is 1420. The molecule has 0 aromatic heterocycles. The van der Waals surface area contributed by atoms with Crippen LogP contribution >= 0.6 is 0 Å². The van der Waals surface area contributed by atoms with E-state index in [9.17, 15) is 24.0 Å². The van der Waals surface area contributed by atoms with Crippen LogP contribution in [0.25, 0.3) is 0 Å². The highest BCUT2D eigenvalue weighted by Gasteiger charge is 2.29. The maximum absolute atomic E-state index is 13.8. The van der Waals surface area contributed by atoms with E-state index in [1.54, 1.807) is 20.8 Å². The molecule has 0 saturated heterocycles. The Labute approximate surface area is 361 Å². The summed E-state index contributed by atoms with van der Waals surface area (Å²) < 4.78 is 16.6. The summed E-state index contributed by atoms with van der Waals surface area (Å²) in [6.45, 7) is 18.1. The fourth-order valence-electron chi connectivity index (χ4n) is 6.95. The summed E-state index contributed by atoms with van der Waals surface area (Å²) in [4.78, 5) is 64.6. The number of aryl methyl sites for hydroxylation is 1. The van der Waals surface area contributed by atoms with Gasteiger partial charge in [0, 0.05) is 19.6 Å². The van der Waals surface area contributed by atoms with Crippen molar-refractivity contribution >= 4 is 29.9 Å². The maximum Gasteiger partial charge on any atom is 0.407 e. The highest BCUT2D eigenvalue weighted by molar-refractivity contribution is 5.92. The standard InChI is InChI=1S/C47H81N5O8/c1-45(2,3)58-34-39(51-40(53)33-37-27-25-36(26-28-37)23-15-12-10-11-13-19-30-49-43(56)59-46(4,5)6)42(55)52-38(24-18-20-31-50-44(57)60-47(7,8)9)41(54)48-32-29-35-21-16-14-17-22-35/h25-28,35,38-39H,10-24,29-34H2,1-9H3,(H,48,54)(H,49,56)(H,50,57)(H,51,53)(H,52,55)/t38-,39-/m0/s1. The number of carbonyl (C=O) groups is 5. The molecule has 2 atom stereocenters. The summed E-state index contributed by atoms with van der Waals surface area (Å²) in [7, 11) is 0. The van der Waals surface area contributed by atoms with Gasteiger partial charge >= 0.3 is 12.2 Å². The first-order chi connectivity index (χ1) is 28.2. The summed E-state index contributed by atoms with van der Waals surface area (Å²) in [5.41, 5.74) is 0.397. The Morgan fingerprint density at radius 2 is 1.12 bits per heavy atom. The van der Waals surface area contributed by atoms with Crippen LogP contribution in [0.15, 0.2) is 24.3 Å². The van der Waals surface area contributed by atoms with Crippen molar-refractivity contribution in [3.8, 4) is 0 Å². The predicted molar refractivity (Wildman–Crippen MR) is 238 cm³/mol. The zero-order valence-corrected chi connectivity index (χ0v) is 38.7. The van der Waals surface area contributed by atoms with E-state index in [1.807, 2.05) is 53.7 Å². The molecular weight excluding hydrogens is 763 g/mol. The van der Waals surface area contributed by atoms with Gasteiger partial charge in [-0.2, -0.15) is 0 Å². The third kappa shape index (κ3) is 26.4. The first-order valence-electron chi connectivity index (χ1n) is 22.7. The number of unbranched alkanes of at least 4 members (excludes halogenated alkanes) is 6. The van der Waals surface area contributed by atoms with Gasteiger partial charge in [0.15, 0.2) is 0 Å². The Morgan fingerprint density at radius 1 is 0.583 bits per heavy atom. The fraction of sp³-hybridized carbons (Fsp3) is 0.766. The quantitative estimate of drug-likeness (QED) is 0.0613. The second-order valence-corrected chi connectivity index (χ2v) is 19.4. The molecule has 60 heavy (non-hydrogen) atoms. The van der Waals surface area contributed by atoms with E-state index in [1.165, 1.54) is 37.7 Å². The molecule has 0 heterocycles.